The molecule has 114 valence electrons. The summed E-state index contributed by atoms with van der Waals surface area (Å²) >= 11 is 0. The second-order valence-corrected chi connectivity index (χ2v) is 5.99. The van der Waals surface area contributed by atoms with Gasteiger partial charge in [-0.25, -0.2) is 0 Å². The van der Waals surface area contributed by atoms with E-state index in [1.165, 1.54) is 0 Å². The van der Waals surface area contributed by atoms with Crippen LogP contribution in [0.5, 0.6) is 0 Å². The van der Waals surface area contributed by atoms with Crippen molar-refractivity contribution < 1.29 is 19.4 Å². The van der Waals surface area contributed by atoms with Crippen molar-refractivity contribution in [2.45, 2.75) is 45.4 Å². The molecule has 0 aromatic heterocycles. The van der Waals surface area contributed by atoms with E-state index in [1.54, 1.807) is 0 Å². The highest BCUT2D eigenvalue weighted by molar-refractivity contribution is 5.84. The summed E-state index contributed by atoms with van der Waals surface area (Å²) in [7, 11) is 0. The Morgan fingerprint density at radius 3 is 2.40 bits per heavy atom. The van der Waals surface area contributed by atoms with Gasteiger partial charge in [0.1, 0.15) is 0 Å². The molecule has 0 bridgehead atoms. The minimum atomic E-state index is -0.730. The molecule has 2 aliphatic rings. The molecular formula is C15H25NO4. The normalized spacial score (nSPS) is 22.4. The van der Waals surface area contributed by atoms with Crippen LogP contribution in [0, 0.1) is 11.3 Å². The lowest BCUT2D eigenvalue weighted by Gasteiger charge is -2.45. The van der Waals surface area contributed by atoms with Gasteiger partial charge in [0.2, 0.25) is 5.91 Å². The number of carbonyl (C=O) groups excluding carboxylic acids is 1. The lowest BCUT2D eigenvalue weighted by molar-refractivity contribution is -0.154. The second-order valence-electron chi connectivity index (χ2n) is 5.99. The molecule has 1 saturated heterocycles. The molecule has 5 nitrogen and oxygen atoms in total. The van der Waals surface area contributed by atoms with Gasteiger partial charge in [-0.2, -0.15) is 0 Å². The van der Waals surface area contributed by atoms with E-state index in [0.717, 1.165) is 25.7 Å². The van der Waals surface area contributed by atoms with Gasteiger partial charge in [0.15, 0.2) is 0 Å². The molecule has 20 heavy (non-hydrogen) atoms. The number of amides is 1. The van der Waals surface area contributed by atoms with E-state index in [9.17, 15) is 9.59 Å². The maximum absolute atomic E-state index is 12.7. The van der Waals surface area contributed by atoms with Crippen molar-refractivity contribution in [3.63, 3.8) is 0 Å². The summed E-state index contributed by atoms with van der Waals surface area (Å²) in [6.45, 7) is 4.48. The number of piperidine rings is 1. The Morgan fingerprint density at radius 2 is 1.95 bits per heavy atom. The smallest absolute Gasteiger partial charge is 0.306 e. The van der Waals surface area contributed by atoms with Crippen molar-refractivity contribution in [1.29, 1.82) is 0 Å². The van der Waals surface area contributed by atoms with Gasteiger partial charge in [-0.3, -0.25) is 9.59 Å². The molecule has 0 unspecified atom stereocenters. The first-order valence-electron chi connectivity index (χ1n) is 7.69. The van der Waals surface area contributed by atoms with Crippen molar-refractivity contribution in [2.24, 2.45) is 11.3 Å². The van der Waals surface area contributed by atoms with Gasteiger partial charge < -0.3 is 14.7 Å². The Bertz CT molecular complexity index is 357. The first-order valence-corrected chi connectivity index (χ1v) is 7.69. The maximum atomic E-state index is 12.7. The van der Waals surface area contributed by atoms with Crippen LogP contribution in [0.2, 0.25) is 0 Å². The van der Waals surface area contributed by atoms with Crippen molar-refractivity contribution in [1.82, 2.24) is 4.90 Å². The molecule has 0 radical (unpaired) electrons. The summed E-state index contributed by atoms with van der Waals surface area (Å²) in [4.78, 5) is 25.5. The molecule has 1 amide bonds. The lowest BCUT2D eigenvalue weighted by atomic mass is 9.65. The average molecular weight is 283 g/mol. The van der Waals surface area contributed by atoms with Crippen molar-refractivity contribution in [2.75, 3.05) is 26.3 Å². The molecule has 1 N–H and O–H groups in total. The third-order valence-electron chi connectivity index (χ3n) is 4.82. The van der Waals surface area contributed by atoms with Crippen molar-refractivity contribution in [3.8, 4) is 0 Å². The fraction of sp³-hybridized carbons (Fsp3) is 0.867. The zero-order valence-corrected chi connectivity index (χ0v) is 12.3. The third kappa shape index (κ3) is 3.14. The Kier molecular flexibility index (Phi) is 5.02. The largest absolute Gasteiger partial charge is 0.481 e. The maximum Gasteiger partial charge on any atom is 0.306 e. The summed E-state index contributed by atoms with van der Waals surface area (Å²) in [6, 6.07) is 0. The number of likely N-dealkylation sites (tertiary alicyclic amines) is 1. The molecule has 0 aromatic carbocycles. The molecule has 1 aliphatic heterocycles. The van der Waals surface area contributed by atoms with Gasteiger partial charge in [0.25, 0.3) is 0 Å². The van der Waals surface area contributed by atoms with Gasteiger partial charge in [0, 0.05) is 26.3 Å². The van der Waals surface area contributed by atoms with Gasteiger partial charge in [-0.1, -0.05) is 6.42 Å². The minimum absolute atomic E-state index is 0.217. The number of rotatable bonds is 6. The number of ether oxygens (including phenoxy) is 1. The predicted molar refractivity (Wildman–Crippen MR) is 74.3 cm³/mol. The van der Waals surface area contributed by atoms with Crippen LogP contribution in [0.1, 0.15) is 45.4 Å². The van der Waals surface area contributed by atoms with E-state index in [2.05, 4.69) is 0 Å². The van der Waals surface area contributed by atoms with E-state index >= 15 is 0 Å². The Hall–Kier alpha value is -1.10. The lowest BCUT2D eigenvalue weighted by Crippen LogP contribution is -2.51. The third-order valence-corrected chi connectivity index (χ3v) is 4.82. The average Bonchev–Trinajstić information content (AvgIpc) is 2.41. The predicted octanol–water partition coefficient (Wildman–Crippen LogP) is 1.91. The molecule has 0 spiro atoms. The summed E-state index contributed by atoms with van der Waals surface area (Å²) in [5, 5.41) is 9.00. The highest BCUT2D eigenvalue weighted by Crippen LogP contribution is 2.46. The quantitative estimate of drug-likeness (QED) is 0.756. The van der Waals surface area contributed by atoms with E-state index in [1.807, 2.05) is 11.8 Å². The standard InChI is InChI=1S/C15H25NO4/c1-2-20-11-8-15(6-3-7-15)14(19)16-9-4-12(5-10-16)13(17)18/h12H,2-11H2,1H3,(H,17,18). The van der Waals surface area contributed by atoms with Crippen LogP contribution in [0.15, 0.2) is 0 Å². The Balaban J connectivity index is 1.88. The van der Waals surface area contributed by atoms with Gasteiger partial charge in [-0.05, 0) is 39.0 Å². The molecular weight excluding hydrogens is 258 g/mol. The van der Waals surface area contributed by atoms with Crippen LogP contribution in [0.4, 0.5) is 0 Å². The first kappa shape index (κ1) is 15.3. The monoisotopic (exact) mass is 283 g/mol. The first-order chi connectivity index (χ1) is 9.59. The van der Waals surface area contributed by atoms with E-state index in [4.69, 9.17) is 9.84 Å². The summed E-state index contributed by atoms with van der Waals surface area (Å²) in [5.74, 6) is -0.779. The van der Waals surface area contributed by atoms with Gasteiger partial charge >= 0.3 is 5.97 Å². The van der Waals surface area contributed by atoms with Gasteiger partial charge in [0.05, 0.1) is 11.3 Å². The topological polar surface area (TPSA) is 66.8 Å². The highest BCUT2D eigenvalue weighted by atomic mass is 16.5. The number of carboxylic acids is 1. The van der Waals surface area contributed by atoms with Crippen LogP contribution in [0.25, 0.3) is 0 Å². The molecule has 2 fully saturated rings. The number of nitrogens with zero attached hydrogens (tertiary/aromatic N) is 1. The number of carboxylic acid groups (broad SMARTS) is 1. The summed E-state index contributed by atoms with van der Waals surface area (Å²) < 4.78 is 5.40. The number of hydrogen-bond donors (Lipinski definition) is 1. The molecule has 0 atom stereocenters. The van der Waals surface area contributed by atoms with E-state index < -0.39 is 5.97 Å². The Labute approximate surface area is 120 Å². The molecule has 1 aliphatic carbocycles. The van der Waals surface area contributed by atoms with Crippen LogP contribution in [-0.4, -0.2) is 48.2 Å². The van der Waals surface area contributed by atoms with Crippen molar-refractivity contribution in [3.05, 3.63) is 0 Å². The van der Waals surface area contributed by atoms with Crippen LogP contribution >= 0.6 is 0 Å². The van der Waals surface area contributed by atoms with Crippen LogP contribution < -0.4 is 0 Å². The minimum Gasteiger partial charge on any atom is -0.481 e. The SMILES string of the molecule is CCOCCC1(C(=O)N2CCC(C(=O)O)CC2)CCC1. The number of hydrogen-bond acceptors (Lipinski definition) is 3. The summed E-state index contributed by atoms with van der Waals surface area (Å²) in [6.07, 6.45) is 5.00. The fourth-order valence-corrected chi connectivity index (χ4v) is 3.25. The molecule has 5 heteroatoms. The molecule has 0 aromatic rings. The van der Waals surface area contributed by atoms with Crippen LogP contribution in [0.3, 0.4) is 0 Å². The zero-order valence-electron chi connectivity index (χ0n) is 12.3. The van der Waals surface area contributed by atoms with E-state index in [0.29, 0.717) is 39.1 Å². The second kappa shape index (κ2) is 6.57. The molecule has 1 heterocycles. The summed E-state index contributed by atoms with van der Waals surface area (Å²) in [5.41, 5.74) is -0.217. The highest BCUT2D eigenvalue weighted by Gasteiger charge is 2.46. The zero-order chi connectivity index (χ0) is 14.6. The number of carbonyl (C=O) groups is 2. The van der Waals surface area contributed by atoms with Crippen molar-refractivity contribution >= 4 is 11.9 Å². The fourth-order valence-electron chi connectivity index (χ4n) is 3.25. The molecule has 2 rings (SSSR count). The Morgan fingerprint density at radius 1 is 1.30 bits per heavy atom. The van der Waals surface area contributed by atoms with Gasteiger partial charge in [-0.15, -0.1) is 0 Å². The van der Waals surface area contributed by atoms with E-state index in [-0.39, 0.29) is 17.2 Å². The molecule has 1 saturated carbocycles. The van der Waals surface area contributed by atoms with Crippen LogP contribution in [-0.2, 0) is 14.3 Å². The number of aliphatic carboxylic acids is 1.